The van der Waals surface area contributed by atoms with E-state index in [1.165, 1.54) is 70.4 Å². The molecule has 16 nitrogen and oxygen atoms in total. The van der Waals surface area contributed by atoms with Gasteiger partial charge in [0, 0.05) is 121 Å². The zero-order chi connectivity index (χ0) is 115. The normalized spacial score (nSPS) is 18.1. The fourth-order valence-corrected chi connectivity index (χ4v) is 14.9. The van der Waals surface area contributed by atoms with Crippen molar-refractivity contribution in [3.8, 4) is 11.9 Å². The Labute approximate surface area is 871 Å². The first kappa shape index (κ1) is 140. The molecule has 0 radical (unpaired) electrons. The number of nitrogens with zero attached hydrogens (tertiary/aromatic N) is 11. The number of halogens is 28. The number of alkyl halides is 27. The highest BCUT2D eigenvalue weighted by molar-refractivity contribution is 7.11. The summed E-state index contributed by atoms with van der Waals surface area (Å²) in [5, 5.41) is 13.1. The molecule has 2 aliphatic heterocycles. The van der Waals surface area contributed by atoms with Gasteiger partial charge < -0.3 is 18.9 Å². The number of rotatable bonds is 29. The number of aryl methyl sites for hydroxylation is 1. The van der Waals surface area contributed by atoms with Gasteiger partial charge in [-0.1, -0.05) is 110 Å². The predicted molar refractivity (Wildman–Crippen MR) is 525 cm³/mol. The molecule has 1 unspecified atom stereocenters. The number of thiazole rings is 1. The molecule has 0 N–H and O–H groups in total. The third-order valence-corrected chi connectivity index (χ3v) is 26.0. The van der Waals surface area contributed by atoms with E-state index in [9.17, 15) is 123 Å². The lowest BCUT2D eigenvalue weighted by Gasteiger charge is -2.39. The van der Waals surface area contributed by atoms with Gasteiger partial charge >= 0.3 is 30.8 Å². The van der Waals surface area contributed by atoms with Crippen molar-refractivity contribution in [3.63, 3.8) is 0 Å². The molecule has 6 aromatic rings. The van der Waals surface area contributed by atoms with Gasteiger partial charge in [0.1, 0.15) is 29.4 Å². The van der Waals surface area contributed by atoms with E-state index in [-0.39, 0.29) is 117 Å². The molecule has 4 aliphatic carbocycles. The second-order valence-electron chi connectivity index (χ2n) is 42.0. The van der Waals surface area contributed by atoms with Crippen LogP contribution in [-0.4, -0.2) is 181 Å². The van der Waals surface area contributed by atoms with Gasteiger partial charge in [-0.25, -0.2) is 63.8 Å². The third kappa shape index (κ3) is 51.0. The van der Waals surface area contributed by atoms with E-state index in [2.05, 4.69) is 67.4 Å². The number of likely N-dealkylation sites (tertiary alicyclic amines) is 2. The van der Waals surface area contributed by atoms with Gasteiger partial charge in [0.05, 0.1) is 70.9 Å². The summed E-state index contributed by atoms with van der Waals surface area (Å²) in [7, 11) is 1.69. The molecule has 6 aromatic heterocycles. The molecule has 864 valence electrons. The largest absolute Gasteiger partial charge is 0.522 e. The number of aromatic nitrogens is 8. The second kappa shape index (κ2) is 59.6. The minimum absolute atomic E-state index is 0. The average Bonchev–Trinajstić information content (AvgIpc) is 1.61. The van der Waals surface area contributed by atoms with Crippen LogP contribution in [-0.2, 0) is 49.9 Å². The summed E-state index contributed by atoms with van der Waals surface area (Å²) in [6, 6.07) is 8.80. The highest BCUT2D eigenvalue weighted by atomic mass is 32.1. The van der Waals surface area contributed by atoms with E-state index < -0.39 is 131 Å². The second-order valence-corrected chi connectivity index (χ2v) is 43.1. The minimum atomic E-state index is -5.44. The summed E-state index contributed by atoms with van der Waals surface area (Å²) in [5.74, 6) is -18.8. The SMILES string of the molecule is C.CC(C)C1CCN(CC(F)(F)C(F)(F)F)CC1.CC(C)N1CC[C@H](OC(F)(F)F)C(F)(F)C1.CC(C)OCC1(C(C)(F)F)CC1.CC(C)OCCC1(C(F)(F)F)CC1.CC(C)OC[C@@H]1C[C@H]1C(C)(F)F.CC(C)c1cc(C(C)(F)F)nn1C.CC(C)c1cnc(C(C)(F)F)c(F)c1.CC(C)c1cnc(C(F)(F)F)c(C#N)c1.CC(C)c1cnc(C2CC2)nc1.CC(C)c1ncc(C(C)(F)F)s1.CC(F)Oc1ccc(C(C)C)cn1. The van der Waals surface area contributed by atoms with Crippen molar-refractivity contribution in [1.82, 2.24) is 49.5 Å². The maximum Gasteiger partial charge on any atom is 0.522 e. The van der Waals surface area contributed by atoms with Gasteiger partial charge in [0.15, 0.2) is 11.5 Å². The Morgan fingerprint density at radius 3 is 1.33 bits per heavy atom. The van der Waals surface area contributed by atoms with Crippen molar-refractivity contribution >= 4 is 11.3 Å². The average molecular weight is 2220 g/mol. The molecule has 4 saturated carbocycles. The van der Waals surface area contributed by atoms with Crippen LogP contribution in [0.5, 0.6) is 5.88 Å². The Hall–Kier alpha value is -7.54. The Bertz CT molecular complexity index is 4810. The molecule has 150 heavy (non-hydrogen) atoms. The van der Waals surface area contributed by atoms with Crippen LogP contribution < -0.4 is 4.74 Å². The van der Waals surface area contributed by atoms with E-state index >= 15 is 0 Å². The van der Waals surface area contributed by atoms with Crippen LogP contribution >= 0.6 is 11.3 Å². The summed E-state index contributed by atoms with van der Waals surface area (Å²) < 4.78 is 377. The van der Waals surface area contributed by atoms with Crippen LogP contribution in [0.4, 0.5) is 123 Å². The Balaban J connectivity index is 0.000000826. The fraction of sp³-hybridized carbons (Fsp3) is 0.752. The minimum Gasteiger partial charge on any atom is -0.444 e. The smallest absolute Gasteiger partial charge is 0.444 e. The molecule has 6 fully saturated rings. The lowest BCUT2D eigenvalue weighted by atomic mass is 9.86. The van der Waals surface area contributed by atoms with E-state index in [1.807, 2.05) is 129 Å². The van der Waals surface area contributed by atoms with Gasteiger partial charge in [0.2, 0.25) is 18.2 Å². The number of ether oxygens (including phenoxy) is 5. The number of hydrogen-bond acceptors (Lipinski definition) is 16. The van der Waals surface area contributed by atoms with E-state index in [1.54, 1.807) is 33.2 Å². The van der Waals surface area contributed by atoms with Crippen molar-refractivity contribution in [3.05, 3.63) is 140 Å². The lowest BCUT2D eigenvalue weighted by Crippen LogP contribution is -2.55. The quantitative estimate of drug-likeness (QED) is 0.0406. The summed E-state index contributed by atoms with van der Waals surface area (Å²) in [6.45, 7) is 47.9. The highest BCUT2D eigenvalue weighted by Gasteiger charge is 2.63. The fourth-order valence-electron chi connectivity index (χ4n) is 14.1. The molecule has 2 saturated heterocycles. The third-order valence-electron chi connectivity index (χ3n) is 24.5. The van der Waals surface area contributed by atoms with Gasteiger partial charge in [-0.3, -0.25) is 29.2 Å². The molecule has 0 amide bonds. The standard InChI is InChI=1S/C11H18F5N.C10H9F3N2.C10H12F3N.C10H14FNO.C10H14N2.C9H14F5NO.C9H15F3O.C9H14F2N2.2C9H16F2O.C8H11F2NS.CH4/c1-8(2)9-3-5-17(6-4-9)7-10(12,13)11(14,15)16;1-6(2)8-3-7(4-14)9(15-5-8)10(11,12)13;1-6(2)7-4-8(11)9(14-5-7)10(3,12)13;1-7(2)9-4-5-10(12-6-9)13-8(3)11;1-7(2)9-5-11-10(12-6-9)8-3-4-8;1-6(2)15-4-3-7(8(10,11)5-15)16-9(12,13)14;1-7(2)13-6-5-8(3-4-8)9(10,11)12;1-6(2)7-5-8(9(3,10)11)12-13(7)4;1-6(2)12-5-7-4-8(7)9(3,10)11;1-7(2)12-6-9(4-5-9)8(3,10)11;1-5(2)7-11-4-6(12-7)8(3,9)10;/h8-9H,3-7H2,1-2H3;3,5-6H,1-2H3;4-6H,1-3H3;4-8H,1-3H3;5-8H,3-4H2,1-2H3;6-7H,3-5H2,1-2H3;7H,3-6H2,1-2H3;5-6H,1-4H3;6-8H,4-5H2,1-3H3;7H,4-6H2,1-3H3;4-5H,1-3H3;1H4/t;;;;;7-;;;7-,8+;;;/m.....0..0.../s1. The van der Waals surface area contributed by atoms with Crippen LogP contribution in [0.1, 0.15) is 380 Å². The van der Waals surface area contributed by atoms with E-state index in [0.29, 0.717) is 105 Å². The van der Waals surface area contributed by atoms with Crippen LogP contribution in [0.25, 0.3) is 0 Å². The maximum absolute atomic E-state index is 13.3. The number of piperidine rings is 2. The van der Waals surface area contributed by atoms with Gasteiger partial charge in [-0.05, 0) is 241 Å². The molecule has 45 heteroatoms. The monoisotopic (exact) mass is 2220 g/mol. The first-order valence-corrected chi connectivity index (χ1v) is 50.6. The van der Waals surface area contributed by atoms with E-state index in [4.69, 9.17) is 24.2 Å². The molecule has 8 heterocycles. The molecule has 0 spiro atoms. The summed E-state index contributed by atoms with van der Waals surface area (Å²) in [4.78, 5) is 26.0. The Kier molecular flexibility index (Phi) is 55.8. The Morgan fingerprint density at radius 2 is 1.01 bits per heavy atom. The molecule has 6 aliphatic rings. The van der Waals surface area contributed by atoms with Gasteiger partial charge in [0.25, 0.3) is 29.6 Å². The summed E-state index contributed by atoms with van der Waals surface area (Å²) >= 11 is 1.09. The van der Waals surface area contributed by atoms with Crippen molar-refractivity contribution in [1.29, 1.82) is 5.26 Å². The summed E-state index contributed by atoms with van der Waals surface area (Å²) in [6.07, 6.45) is -6.72. The molecule has 4 atom stereocenters. The summed E-state index contributed by atoms with van der Waals surface area (Å²) in [5.41, 5.74) is -0.285. The number of nitriles is 1. The molecule has 12 rings (SSSR count). The van der Waals surface area contributed by atoms with Crippen molar-refractivity contribution in [2.45, 2.75) is 417 Å². The lowest BCUT2D eigenvalue weighted by molar-refractivity contribution is -0.370. The number of pyridine rings is 3. The molecule has 0 bridgehead atoms. The van der Waals surface area contributed by atoms with Crippen molar-refractivity contribution in [2.75, 3.05) is 52.5 Å². The van der Waals surface area contributed by atoms with Crippen LogP contribution in [0.3, 0.4) is 0 Å². The van der Waals surface area contributed by atoms with Crippen LogP contribution in [0.15, 0.2) is 67.5 Å². The first-order valence-electron chi connectivity index (χ1n) is 49.7. The maximum atomic E-state index is 13.3. The zero-order valence-electron chi connectivity index (χ0n) is 90.6. The van der Waals surface area contributed by atoms with E-state index in [0.717, 1.165) is 73.4 Å². The van der Waals surface area contributed by atoms with Crippen molar-refractivity contribution in [2.24, 2.45) is 41.5 Å². The highest BCUT2D eigenvalue weighted by Crippen LogP contribution is 2.60. The van der Waals surface area contributed by atoms with Gasteiger partial charge in [-0.15, -0.1) is 24.5 Å². The van der Waals surface area contributed by atoms with Crippen molar-refractivity contribution < 1.29 is 147 Å². The number of hydrogen-bond donors (Lipinski definition) is 0. The topological polar surface area (TPSA) is 172 Å². The first-order chi connectivity index (χ1) is 67.7. The predicted octanol–water partition coefficient (Wildman–Crippen LogP) is 33.5. The zero-order valence-corrected chi connectivity index (χ0v) is 91.4. The van der Waals surface area contributed by atoms with Crippen LogP contribution in [0.2, 0.25) is 0 Å². The Morgan fingerprint density at radius 1 is 0.520 bits per heavy atom. The van der Waals surface area contributed by atoms with Gasteiger partial charge in [-0.2, -0.15) is 76.2 Å². The molecular weight excluding hydrogens is 2060 g/mol. The molecule has 0 aromatic carbocycles. The molecular formula is C105H157F28N11O5S. The van der Waals surface area contributed by atoms with Crippen LogP contribution in [0, 0.1) is 51.6 Å².